The van der Waals surface area contributed by atoms with Crippen LogP contribution in [-0.2, 0) is 13.7 Å². The average Bonchev–Trinajstić information content (AvgIpc) is 3.45. The third-order valence-electron chi connectivity index (χ3n) is 13.4. The van der Waals surface area contributed by atoms with E-state index in [1.165, 1.54) is 0 Å². The number of hydrogen-bond donors (Lipinski definition) is 0. The van der Waals surface area contributed by atoms with E-state index >= 15 is 18.5 Å². The SMILES string of the molecule is C[PH](c1ccccc1)(c1ccccc1)c1cc(C(=O)c2cc(P(=O)(c3ccccc3)c3ccccc3)cc(P(=O)(c3ccccc3)c3ccccc3)c2)cc(P(=O)(c2ccccc2)c2ccccc2)c1. The molecule has 0 N–H and O–H groups in total. The summed E-state index contributed by atoms with van der Waals surface area (Å²) in [6, 6.07) is 88.2. The summed E-state index contributed by atoms with van der Waals surface area (Å²) >= 11 is 0. The maximum absolute atomic E-state index is 16.5. The molecule has 0 amide bonds. The van der Waals surface area contributed by atoms with Crippen LogP contribution in [0, 0.1) is 0 Å². The number of rotatable bonds is 14. The summed E-state index contributed by atoms with van der Waals surface area (Å²) in [6.07, 6.45) is 0. The van der Waals surface area contributed by atoms with Gasteiger partial charge in [0.15, 0.2) is 0 Å². The van der Waals surface area contributed by atoms with Gasteiger partial charge in [-0.15, -0.1) is 0 Å². The van der Waals surface area contributed by atoms with Gasteiger partial charge in [-0.05, 0) is 0 Å². The van der Waals surface area contributed by atoms with E-state index in [0.29, 0.717) is 53.3 Å². The molecule has 0 heterocycles. The normalized spacial score (nSPS) is 12.2. The van der Waals surface area contributed by atoms with E-state index in [0.717, 1.165) is 15.9 Å². The summed E-state index contributed by atoms with van der Waals surface area (Å²) in [5, 5.41) is 8.00. The molecule has 0 fully saturated rings. The molecule has 0 aromatic heterocycles. The Balaban J connectivity index is 1.30. The van der Waals surface area contributed by atoms with E-state index in [1.807, 2.05) is 224 Å². The fourth-order valence-electron chi connectivity index (χ4n) is 9.68. The van der Waals surface area contributed by atoms with Crippen molar-refractivity contribution in [3.8, 4) is 0 Å². The fraction of sp³-hybridized carbons (Fsp3) is 0.0161. The van der Waals surface area contributed by atoms with Gasteiger partial charge in [0.2, 0.25) is 0 Å². The number of hydrogen-bond acceptors (Lipinski definition) is 4. The first kappa shape index (κ1) is 46.7. The van der Waals surface area contributed by atoms with Crippen LogP contribution in [0.3, 0.4) is 0 Å². The summed E-state index contributed by atoms with van der Waals surface area (Å²) in [5.41, 5.74) is 0.531. The maximum atomic E-state index is 16.5. The van der Waals surface area contributed by atoms with Crippen LogP contribution in [0.25, 0.3) is 0 Å². The molecule has 0 aliphatic rings. The van der Waals surface area contributed by atoms with E-state index in [-0.39, 0.29) is 11.3 Å². The number of ketones is 1. The van der Waals surface area contributed by atoms with Crippen LogP contribution in [0.4, 0.5) is 0 Å². The van der Waals surface area contributed by atoms with Gasteiger partial charge in [-0.25, -0.2) is 0 Å². The summed E-state index contributed by atoms with van der Waals surface area (Å²) in [7, 11) is -14.2. The topological polar surface area (TPSA) is 68.3 Å². The van der Waals surface area contributed by atoms with E-state index < -0.39 is 28.7 Å². The standard InChI is InChI=1S/C62H50O4P4/c1-67(50-26-10-2-11-27-50,51-28-12-3-13-29-51)58-42-48(43-59(46-58)68(64,52-30-14-4-15-31-52)53-32-16-5-17-33-53)62(63)49-44-60(69(65,54-34-18-6-19-35-54)55-36-20-7-21-37-55)47-61(45-49)70(66,56-38-22-8-23-39-56)57-40-24-9-25-41-57/h2-47,67H,1H3. The zero-order valence-corrected chi connectivity index (χ0v) is 42.2. The minimum atomic E-state index is -3.76. The molecular weight excluding hydrogens is 933 g/mol. The van der Waals surface area contributed by atoms with Crippen LogP contribution in [0.1, 0.15) is 15.9 Å². The molecule has 0 saturated carbocycles. The van der Waals surface area contributed by atoms with Crippen molar-refractivity contribution in [1.29, 1.82) is 0 Å². The Morgan fingerprint density at radius 2 is 0.500 bits per heavy atom. The average molecular weight is 983 g/mol. The zero-order chi connectivity index (χ0) is 48.2. The second-order valence-electron chi connectivity index (χ2n) is 17.5. The molecule has 10 rings (SSSR count). The second-order valence-corrected chi connectivity index (χ2v) is 29.8. The van der Waals surface area contributed by atoms with Crippen molar-refractivity contribution in [2.45, 2.75) is 0 Å². The summed E-state index contributed by atoms with van der Waals surface area (Å²) < 4.78 is 49.4. The van der Waals surface area contributed by atoms with Crippen molar-refractivity contribution in [3.05, 3.63) is 290 Å². The Bertz CT molecular complexity index is 3290. The number of benzene rings is 10. The second kappa shape index (κ2) is 19.8. The number of carbonyl (C=O) groups excluding carboxylic acids is 1. The first-order valence-corrected chi connectivity index (χ1v) is 30.9. The van der Waals surface area contributed by atoms with E-state index in [1.54, 1.807) is 24.3 Å². The van der Waals surface area contributed by atoms with Gasteiger partial charge in [-0.2, -0.15) is 0 Å². The predicted molar refractivity (Wildman–Crippen MR) is 301 cm³/mol. The van der Waals surface area contributed by atoms with E-state index in [9.17, 15) is 0 Å². The summed E-state index contributed by atoms with van der Waals surface area (Å²) in [5.74, 6) is -0.378. The Kier molecular flexibility index (Phi) is 13.2. The molecule has 10 aromatic rings. The Labute approximate surface area is 411 Å². The third kappa shape index (κ3) is 8.47. The molecule has 0 bridgehead atoms. The number of carbonyl (C=O) groups is 1. The molecule has 0 unspecified atom stereocenters. The zero-order valence-electron chi connectivity index (χ0n) is 38.5. The van der Waals surface area contributed by atoms with Crippen molar-refractivity contribution in [1.82, 2.24) is 0 Å². The van der Waals surface area contributed by atoms with Crippen molar-refractivity contribution in [2.24, 2.45) is 0 Å². The molecule has 4 nitrogen and oxygen atoms in total. The molecule has 0 atom stereocenters. The monoisotopic (exact) mass is 982 g/mol. The molecule has 0 aliphatic heterocycles. The van der Waals surface area contributed by atoms with Gasteiger partial charge >= 0.3 is 413 Å². The van der Waals surface area contributed by atoms with Gasteiger partial charge in [0, 0.05) is 0 Å². The predicted octanol–water partition coefficient (Wildman–Crippen LogP) is 9.49. The molecule has 0 radical (unpaired) electrons. The van der Waals surface area contributed by atoms with Crippen molar-refractivity contribution < 1.29 is 18.5 Å². The van der Waals surface area contributed by atoms with Crippen LogP contribution in [0.15, 0.2) is 279 Å². The van der Waals surface area contributed by atoms with Crippen molar-refractivity contribution in [3.63, 3.8) is 0 Å². The van der Waals surface area contributed by atoms with Crippen molar-refractivity contribution >= 4 is 98.1 Å². The van der Waals surface area contributed by atoms with Crippen LogP contribution in [0.2, 0.25) is 0 Å². The minimum absolute atomic E-state index is 0.215. The van der Waals surface area contributed by atoms with E-state index in [4.69, 9.17) is 0 Å². The molecule has 70 heavy (non-hydrogen) atoms. The molecule has 8 heteroatoms. The van der Waals surface area contributed by atoms with Gasteiger partial charge in [0.1, 0.15) is 0 Å². The fourth-order valence-corrected chi connectivity index (χ4v) is 21.7. The van der Waals surface area contributed by atoms with Gasteiger partial charge in [0.25, 0.3) is 0 Å². The van der Waals surface area contributed by atoms with E-state index in [2.05, 4.69) is 37.0 Å². The Morgan fingerprint density at radius 1 is 0.271 bits per heavy atom. The third-order valence-corrected chi connectivity index (χ3v) is 27.0. The molecule has 0 saturated heterocycles. The van der Waals surface area contributed by atoms with Crippen molar-refractivity contribution in [2.75, 3.05) is 6.66 Å². The van der Waals surface area contributed by atoms with Crippen LogP contribution in [-0.4, -0.2) is 12.4 Å². The van der Waals surface area contributed by atoms with Crippen LogP contribution < -0.4 is 63.7 Å². The van der Waals surface area contributed by atoms with Gasteiger partial charge in [-0.1, -0.05) is 0 Å². The summed E-state index contributed by atoms with van der Waals surface area (Å²) in [4.78, 5) is 16.2. The van der Waals surface area contributed by atoms with Gasteiger partial charge in [-0.3, -0.25) is 0 Å². The Morgan fingerprint density at radius 3 is 0.771 bits per heavy atom. The summed E-state index contributed by atoms with van der Waals surface area (Å²) in [6.45, 7) is 2.28. The first-order chi connectivity index (χ1) is 34.1. The quantitative estimate of drug-likeness (QED) is 0.0805. The van der Waals surface area contributed by atoms with Crippen LogP contribution in [0.5, 0.6) is 0 Å². The first-order valence-electron chi connectivity index (χ1n) is 23.3. The molecule has 0 aliphatic carbocycles. The Hall–Kier alpha value is -7.01. The van der Waals surface area contributed by atoms with Gasteiger partial charge in [0.05, 0.1) is 0 Å². The molecule has 0 spiro atoms. The molecule has 342 valence electrons. The van der Waals surface area contributed by atoms with Gasteiger partial charge < -0.3 is 0 Å². The molecule has 10 aromatic carbocycles. The van der Waals surface area contributed by atoms with Crippen LogP contribution >= 0.6 is 28.7 Å². The molecular formula is C62H50O4P4.